The fourth-order valence-corrected chi connectivity index (χ4v) is 2.63. The second-order valence-electron chi connectivity index (χ2n) is 4.84. The Bertz CT molecular complexity index is 642. The van der Waals surface area contributed by atoms with Crippen molar-refractivity contribution in [1.82, 2.24) is 5.32 Å². The summed E-state index contributed by atoms with van der Waals surface area (Å²) in [7, 11) is 0. The number of aryl methyl sites for hydroxylation is 1. The monoisotopic (exact) mass is 410 g/mol. The van der Waals surface area contributed by atoms with Crippen molar-refractivity contribution in [3.63, 3.8) is 0 Å². The molecule has 0 aromatic heterocycles. The average molecular weight is 410 g/mol. The third-order valence-electron chi connectivity index (χ3n) is 3.12. The number of hydrogen-bond donors (Lipinski definition) is 2. The molecule has 2 rings (SSSR count). The molecule has 0 radical (unpaired) electrons. The van der Waals surface area contributed by atoms with Crippen LogP contribution in [0.3, 0.4) is 0 Å². The lowest BCUT2D eigenvalue weighted by Crippen LogP contribution is -2.28. The highest BCUT2D eigenvalue weighted by Crippen LogP contribution is 2.17. The van der Waals surface area contributed by atoms with Gasteiger partial charge in [0.1, 0.15) is 5.75 Å². The first kappa shape index (κ1) is 16.6. The summed E-state index contributed by atoms with van der Waals surface area (Å²) in [4.78, 5) is 11.9. The second-order valence-corrected chi connectivity index (χ2v) is 6.09. The van der Waals surface area contributed by atoms with Crippen molar-refractivity contribution in [1.29, 1.82) is 0 Å². The number of nitrogens with one attached hydrogen (secondary N) is 2. The van der Waals surface area contributed by atoms with Crippen LogP contribution >= 0.6 is 22.6 Å². The molecule has 0 unspecified atom stereocenters. The highest BCUT2D eigenvalue weighted by atomic mass is 127. The van der Waals surface area contributed by atoms with E-state index in [0.717, 1.165) is 26.1 Å². The van der Waals surface area contributed by atoms with Crippen molar-refractivity contribution in [2.45, 2.75) is 20.4 Å². The van der Waals surface area contributed by atoms with Crippen LogP contribution in [0.15, 0.2) is 42.5 Å². The highest BCUT2D eigenvalue weighted by molar-refractivity contribution is 14.1. The molecule has 0 bridgehead atoms. The van der Waals surface area contributed by atoms with Gasteiger partial charge < -0.3 is 15.4 Å². The van der Waals surface area contributed by atoms with Gasteiger partial charge in [-0.2, -0.15) is 0 Å². The summed E-state index contributed by atoms with van der Waals surface area (Å²) in [6, 6.07) is 13.4. The molecule has 0 saturated heterocycles. The van der Waals surface area contributed by atoms with Crippen LogP contribution in [0.1, 0.15) is 18.1 Å². The van der Waals surface area contributed by atoms with Crippen molar-refractivity contribution in [3.8, 4) is 5.75 Å². The van der Waals surface area contributed by atoms with E-state index in [2.05, 4.69) is 33.2 Å². The summed E-state index contributed by atoms with van der Waals surface area (Å²) in [5, 5.41) is 5.71. The van der Waals surface area contributed by atoms with E-state index >= 15 is 0 Å². The van der Waals surface area contributed by atoms with Crippen molar-refractivity contribution in [3.05, 3.63) is 57.2 Å². The van der Waals surface area contributed by atoms with Gasteiger partial charge in [-0.05, 0) is 77.9 Å². The standard InChI is InChI=1S/C17H19IN2O2/c1-3-22-15-7-4-13(5-8-15)11-19-17(21)20-16-9-6-14(18)10-12(16)2/h4-10H,3,11H2,1-2H3,(H2,19,20,21). The molecule has 0 spiro atoms. The smallest absolute Gasteiger partial charge is 0.319 e. The van der Waals surface area contributed by atoms with Crippen LogP contribution in [0.25, 0.3) is 0 Å². The molecular formula is C17H19IN2O2. The number of urea groups is 1. The van der Waals surface area contributed by atoms with Gasteiger partial charge in [-0.3, -0.25) is 0 Å². The molecule has 0 fully saturated rings. The number of benzene rings is 2. The van der Waals surface area contributed by atoms with Gasteiger partial charge in [0, 0.05) is 15.8 Å². The third-order valence-corrected chi connectivity index (χ3v) is 3.80. The molecule has 0 aliphatic heterocycles. The molecule has 0 heterocycles. The van der Waals surface area contributed by atoms with Gasteiger partial charge in [0.05, 0.1) is 6.61 Å². The Labute approximate surface area is 144 Å². The molecule has 116 valence electrons. The van der Waals surface area contributed by atoms with Gasteiger partial charge >= 0.3 is 6.03 Å². The van der Waals surface area contributed by atoms with Crippen molar-refractivity contribution >= 4 is 34.3 Å². The number of rotatable bonds is 5. The van der Waals surface area contributed by atoms with Crippen LogP contribution in [0, 0.1) is 10.5 Å². The van der Waals surface area contributed by atoms with Crippen LogP contribution in [-0.4, -0.2) is 12.6 Å². The molecule has 5 heteroatoms. The summed E-state index contributed by atoms with van der Waals surface area (Å²) in [6.45, 7) is 5.05. The number of carbonyl (C=O) groups excluding carboxylic acids is 1. The zero-order chi connectivity index (χ0) is 15.9. The van der Waals surface area contributed by atoms with Crippen molar-refractivity contribution < 1.29 is 9.53 Å². The van der Waals surface area contributed by atoms with E-state index in [0.29, 0.717) is 13.2 Å². The van der Waals surface area contributed by atoms with Gasteiger partial charge in [-0.25, -0.2) is 4.79 Å². The number of hydrogen-bond acceptors (Lipinski definition) is 2. The topological polar surface area (TPSA) is 50.4 Å². The third kappa shape index (κ3) is 4.91. The molecule has 0 aliphatic carbocycles. The largest absolute Gasteiger partial charge is 0.494 e. The van der Waals surface area contributed by atoms with Gasteiger partial charge in [0.25, 0.3) is 0 Å². The lowest BCUT2D eigenvalue weighted by atomic mass is 10.2. The number of anilines is 1. The fraction of sp³-hybridized carbons (Fsp3) is 0.235. The Kier molecular flexibility index (Phi) is 6.06. The first-order valence-corrected chi connectivity index (χ1v) is 8.19. The van der Waals surface area contributed by atoms with Crippen LogP contribution in [0.2, 0.25) is 0 Å². The maximum atomic E-state index is 11.9. The maximum absolute atomic E-state index is 11.9. The van der Waals surface area contributed by atoms with Gasteiger partial charge in [-0.15, -0.1) is 0 Å². The van der Waals surface area contributed by atoms with Crippen LogP contribution in [0.5, 0.6) is 5.75 Å². The Morgan fingerprint density at radius 1 is 1.18 bits per heavy atom. The molecule has 2 aromatic rings. The van der Waals surface area contributed by atoms with Gasteiger partial charge in [0.2, 0.25) is 0 Å². The molecule has 0 aliphatic rings. The summed E-state index contributed by atoms with van der Waals surface area (Å²) in [5.41, 5.74) is 2.89. The predicted octanol–water partition coefficient (Wildman–Crippen LogP) is 4.32. The lowest BCUT2D eigenvalue weighted by Gasteiger charge is -2.10. The number of carbonyl (C=O) groups is 1. The van der Waals surface area contributed by atoms with Crippen LogP contribution < -0.4 is 15.4 Å². The maximum Gasteiger partial charge on any atom is 0.319 e. The lowest BCUT2D eigenvalue weighted by molar-refractivity contribution is 0.251. The zero-order valence-corrected chi connectivity index (χ0v) is 14.8. The van der Waals surface area contributed by atoms with Gasteiger partial charge in [-0.1, -0.05) is 12.1 Å². The summed E-state index contributed by atoms with van der Waals surface area (Å²) >= 11 is 2.25. The van der Waals surface area contributed by atoms with Crippen molar-refractivity contribution in [2.24, 2.45) is 0 Å². The minimum Gasteiger partial charge on any atom is -0.494 e. The summed E-state index contributed by atoms with van der Waals surface area (Å²) in [6.07, 6.45) is 0. The van der Waals surface area contributed by atoms with E-state index in [1.165, 1.54) is 0 Å². The molecular weight excluding hydrogens is 391 g/mol. The molecule has 4 nitrogen and oxygen atoms in total. The van der Waals surface area contributed by atoms with E-state index in [1.807, 2.05) is 56.3 Å². The first-order chi connectivity index (χ1) is 10.6. The molecule has 0 saturated carbocycles. The zero-order valence-electron chi connectivity index (χ0n) is 12.7. The first-order valence-electron chi connectivity index (χ1n) is 7.11. The Hall–Kier alpha value is -1.76. The van der Waals surface area contributed by atoms with E-state index < -0.39 is 0 Å². The Morgan fingerprint density at radius 2 is 1.91 bits per heavy atom. The van der Waals surface area contributed by atoms with Crippen molar-refractivity contribution in [2.75, 3.05) is 11.9 Å². The van der Waals surface area contributed by atoms with Crippen LogP contribution in [0.4, 0.5) is 10.5 Å². The van der Waals surface area contributed by atoms with E-state index in [4.69, 9.17) is 4.74 Å². The quantitative estimate of drug-likeness (QED) is 0.722. The number of amides is 2. The highest BCUT2D eigenvalue weighted by Gasteiger charge is 2.04. The Morgan fingerprint density at radius 3 is 2.55 bits per heavy atom. The molecule has 0 atom stereocenters. The normalized spacial score (nSPS) is 10.1. The van der Waals surface area contributed by atoms with Gasteiger partial charge in [0.15, 0.2) is 0 Å². The predicted molar refractivity (Wildman–Crippen MR) is 97.4 cm³/mol. The molecule has 22 heavy (non-hydrogen) atoms. The average Bonchev–Trinajstić information content (AvgIpc) is 2.50. The minimum atomic E-state index is -0.210. The minimum absolute atomic E-state index is 0.210. The number of ether oxygens (including phenoxy) is 1. The SMILES string of the molecule is CCOc1ccc(CNC(=O)Nc2ccc(I)cc2C)cc1. The van der Waals surface area contributed by atoms with E-state index in [1.54, 1.807) is 0 Å². The van der Waals surface area contributed by atoms with E-state index in [9.17, 15) is 4.79 Å². The van der Waals surface area contributed by atoms with Crippen LogP contribution in [-0.2, 0) is 6.54 Å². The Balaban J connectivity index is 1.87. The fourth-order valence-electron chi connectivity index (χ4n) is 1.99. The molecule has 2 amide bonds. The molecule has 2 N–H and O–H groups in total. The van der Waals surface area contributed by atoms with E-state index in [-0.39, 0.29) is 6.03 Å². The number of halogens is 1. The summed E-state index contributed by atoms with van der Waals surface area (Å²) < 4.78 is 6.54. The molecule has 2 aromatic carbocycles. The second kappa shape index (κ2) is 8.03. The summed E-state index contributed by atoms with van der Waals surface area (Å²) in [5.74, 6) is 0.838.